The van der Waals surface area contributed by atoms with Crippen LogP contribution in [0.25, 0.3) is 5.69 Å². The van der Waals surface area contributed by atoms with Crippen molar-refractivity contribution in [2.75, 3.05) is 12.4 Å². The molecular weight excluding hydrogens is 627 g/mol. The molecule has 2 N–H and O–H groups in total. The zero-order chi connectivity index (χ0) is 33.0. The van der Waals surface area contributed by atoms with Crippen LogP contribution in [-0.4, -0.2) is 48.9 Å². The molecule has 5 aromatic rings. The first-order chi connectivity index (χ1) is 22.0. The zero-order valence-electron chi connectivity index (χ0n) is 24.1. The first-order valence-corrected chi connectivity index (χ1v) is 13.8. The van der Waals surface area contributed by atoms with Crippen molar-refractivity contribution in [3.05, 3.63) is 111 Å². The minimum atomic E-state index is -4.79. The van der Waals surface area contributed by atoms with Crippen molar-refractivity contribution < 1.29 is 27.5 Å². The van der Waals surface area contributed by atoms with E-state index in [2.05, 4.69) is 31.1 Å². The van der Waals surface area contributed by atoms with Crippen molar-refractivity contribution in [2.45, 2.75) is 26.2 Å². The molecule has 2 aromatic heterocycles. The van der Waals surface area contributed by atoms with Crippen LogP contribution >= 0.6 is 11.6 Å². The summed E-state index contributed by atoms with van der Waals surface area (Å²) < 4.78 is 45.4. The predicted molar refractivity (Wildman–Crippen MR) is 159 cm³/mol. The summed E-state index contributed by atoms with van der Waals surface area (Å²) >= 11 is 6.40. The number of benzene rings is 3. The monoisotopic (exact) mass is 649 g/mol. The van der Waals surface area contributed by atoms with Crippen LogP contribution in [0.5, 0.6) is 5.75 Å². The number of methoxy groups -OCH3 is 1. The number of rotatable bonds is 9. The number of hydrogen-bond donors (Lipinski definition) is 2. The topological polar surface area (TPSA) is 153 Å². The number of aromatic nitrogens is 6. The molecule has 0 radical (unpaired) electrons. The number of anilines is 1. The van der Waals surface area contributed by atoms with Gasteiger partial charge in [0.25, 0.3) is 17.6 Å². The number of nitriles is 1. The molecule has 0 unspecified atom stereocenters. The molecule has 2 heterocycles. The Morgan fingerprint density at radius 1 is 1.04 bits per heavy atom. The summed E-state index contributed by atoms with van der Waals surface area (Å²) in [5.41, 5.74) is 1.94. The van der Waals surface area contributed by atoms with Gasteiger partial charge in [-0.05, 0) is 65.7 Å². The average molecular weight is 650 g/mol. The van der Waals surface area contributed by atoms with Crippen LogP contribution in [0.15, 0.2) is 66.7 Å². The van der Waals surface area contributed by atoms with Crippen molar-refractivity contribution in [3.63, 3.8) is 0 Å². The summed E-state index contributed by atoms with van der Waals surface area (Å²) in [6, 6.07) is 19.8. The molecule has 0 aliphatic rings. The molecule has 3 aromatic carbocycles. The van der Waals surface area contributed by atoms with E-state index >= 15 is 0 Å². The molecule has 0 aliphatic heterocycles. The van der Waals surface area contributed by atoms with Crippen LogP contribution in [0.2, 0.25) is 5.02 Å². The first kappa shape index (κ1) is 31.7. The van der Waals surface area contributed by atoms with Crippen LogP contribution in [0, 0.1) is 18.3 Å². The maximum Gasteiger partial charge on any atom is 0.455 e. The fourth-order valence-electron chi connectivity index (χ4n) is 4.44. The van der Waals surface area contributed by atoms with Crippen molar-refractivity contribution in [3.8, 4) is 17.5 Å². The van der Waals surface area contributed by atoms with Crippen LogP contribution in [-0.2, 0) is 19.3 Å². The van der Waals surface area contributed by atoms with E-state index in [4.69, 9.17) is 16.3 Å². The second kappa shape index (κ2) is 13.1. The van der Waals surface area contributed by atoms with Gasteiger partial charge in [0.1, 0.15) is 18.0 Å². The number of hydrogen-bond acceptors (Lipinski definition) is 8. The molecule has 12 nitrogen and oxygen atoms in total. The molecule has 5 rings (SSSR count). The van der Waals surface area contributed by atoms with Gasteiger partial charge >= 0.3 is 6.18 Å². The van der Waals surface area contributed by atoms with E-state index in [1.54, 1.807) is 62.6 Å². The van der Waals surface area contributed by atoms with Crippen LogP contribution in [0.4, 0.5) is 18.9 Å². The highest BCUT2D eigenvalue weighted by molar-refractivity contribution is 6.32. The highest BCUT2D eigenvalue weighted by Gasteiger charge is 2.37. The third kappa shape index (κ3) is 6.97. The lowest BCUT2D eigenvalue weighted by Gasteiger charge is -2.16. The smallest absolute Gasteiger partial charge is 0.455 e. The van der Waals surface area contributed by atoms with Crippen molar-refractivity contribution in [2.24, 2.45) is 0 Å². The van der Waals surface area contributed by atoms with Gasteiger partial charge in [0.15, 0.2) is 0 Å². The molecule has 16 heteroatoms. The standard InChI is InChI=1S/C30H23ClF3N9O3/c1-17-11-19(14-35)12-22(27(44)36-15-18-7-9-21(46-2)10-8-18)26(17)37-28(45)25-13-20(16-42-40-29(38-41-42)30(32,33)34)39-43(25)24-6-4-3-5-23(24)31/h3-13H,15-16H2,1-2H3,(H,36,44)(H,37,45). The van der Waals surface area contributed by atoms with Gasteiger partial charge in [-0.15, -0.1) is 10.2 Å². The van der Waals surface area contributed by atoms with E-state index in [-0.39, 0.29) is 46.3 Å². The third-order valence-electron chi connectivity index (χ3n) is 6.64. The lowest BCUT2D eigenvalue weighted by molar-refractivity contribution is -0.145. The fraction of sp³-hybridized carbons (Fsp3) is 0.167. The van der Waals surface area contributed by atoms with Crippen molar-refractivity contribution in [1.29, 1.82) is 5.26 Å². The maximum atomic E-state index is 13.8. The average Bonchev–Trinajstić information content (AvgIpc) is 3.69. The summed E-state index contributed by atoms with van der Waals surface area (Å²) in [4.78, 5) is 27.9. The molecule has 0 bridgehead atoms. The highest BCUT2D eigenvalue weighted by atomic mass is 35.5. The van der Waals surface area contributed by atoms with E-state index in [1.807, 2.05) is 6.07 Å². The molecule has 46 heavy (non-hydrogen) atoms. The summed E-state index contributed by atoms with van der Waals surface area (Å²) in [6.07, 6.45) is -4.79. The van der Waals surface area contributed by atoms with E-state index in [0.717, 1.165) is 5.56 Å². The summed E-state index contributed by atoms with van der Waals surface area (Å²) in [5.74, 6) is -2.05. The second-order valence-corrected chi connectivity index (χ2v) is 10.2. The van der Waals surface area contributed by atoms with Crippen LogP contribution in [0.1, 0.15) is 49.1 Å². The maximum absolute atomic E-state index is 13.8. The number of aryl methyl sites for hydroxylation is 1. The molecule has 0 atom stereocenters. The highest BCUT2D eigenvalue weighted by Crippen LogP contribution is 2.27. The lowest BCUT2D eigenvalue weighted by atomic mass is 10.0. The fourth-order valence-corrected chi connectivity index (χ4v) is 4.66. The number of alkyl halides is 3. The summed E-state index contributed by atoms with van der Waals surface area (Å²) in [5, 5.41) is 29.5. The number of amides is 2. The van der Waals surface area contributed by atoms with Gasteiger partial charge in [0.05, 0.1) is 46.4 Å². The van der Waals surface area contributed by atoms with Crippen LogP contribution in [0.3, 0.4) is 0 Å². The third-order valence-corrected chi connectivity index (χ3v) is 6.96. The number of tetrazole rings is 1. The first-order valence-electron chi connectivity index (χ1n) is 13.4. The van der Waals surface area contributed by atoms with Gasteiger partial charge in [0.2, 0.25) is 0 Å². The number of halogens is 4. The van der Waals surface area contributed by atoms with Gasteiger partial charge in [-0.25, -0.2) is 4.68 Å². The minimum Gasteiger partial charge on any atom is -0.497 e. The quantitative estimate of drug-likeness (QED) is 0.228. The Kier molecular flexibility index (Phi) is 9.01. The van der Waals surface area contributed by atoms with Crippen molar-refractivity contribution in [1.82, 2.24) is 35.3 Å². The van der Waals surface area contributed by atoms with Gasteiger partial charge in [0, 0.05) is 6.54 Å². The number of para-hydroxylation sites is 1. The summed E-state index contributed by atoms with van der Waals surface area (Å²) in [7, 11) is 1.54. The molecule has 2 amide bonds. The minimum absolute atomic E-state index is 0.0361. The Labute approximate surface area is 264 Å². The van der Waals surface area contributed by atoms with E-state index < -0.39 is 23.8 Å². The van der Waals surface area contributed by atoms with Gasteiger partial charge in [-0.2, -0.15) is 28.3 Å². The number of nitrogens with zero attached hydrogens (tertiary/aromatic N) is 7. The zero-order valence-corrected chi connectivity index (χ0v) is 24.9. The predicted octanol–water partition coefficient (Wildman–Crippen LogP) is 4.95. The number of carbonyl (C=O) groups is 2. The van der Waals surface area contributed by atoms with Crippen molar-refractivity contribution >= 4 is 29.1 Å². The number of nitrogens with one attached hydrogen (secondary N) is 2. The lowest BCUT2D eigenvalue weighted by Crippen LogP contribution is -2.26. The molecule has 0 saturated heterocycles. The van der Waals surface area contributed by atoms with E-state index in [1.165, 1.54) is 22.9 Å². The second-order valence-electron chi connectivity index (χ2n) is 9.84. The SMILES string of the molecule is COc1ccc(CNC(=O)c2cc(C#N)cc(C)c2NC(=O)c2cc(Cn3nnc(C(F)(F)F)n3)nn2-c2ccccc2Cl)cc1. The molecular formula is C30H23ClF3N9O3. The Morgan fingerprint density at radius 3 is 2.43 bits per heavy atom. The largest absolute Gasteiger partial charge is 0.497 e. The molecule has 0 saturated carbocycles. The van der Waals surface area contributed by atoms with Gasteiger partial charge in [-0.3, -0.25) is 9.59 Å². The normalized spacial score (nSPS) is 11.2. The Bertz CT molecular complexity index is 1960. The molecule has 0 spiro atoms. The number of ether oxygens (including phenoxy) is 1. The van der Waals surface area contributed by atoms with E-state index in [9.17, 15) is 28.0 Å². The Balaban J connectivity index is 1.47. The molecule has 234 valence electrons. The van der Waals surface area contributed by atoms with Crippen LogP contribution < -0.4 is 15.4 Å². The Hall–Kier alpha value is -5.75. The summed E-state index contributed by atoms with van der Waals surface area (Å²) in [6.45, 7) is 1.43. The van der Waals surface area contributed by atoms with Gasteiger partial charge in [-0.1, -0.05) is 35.9 Å². The van der Waals surface area contributed by atoms with E-state index in [0.29, 0.717) is 21.8 Å². The van der Waals surface area contributed by atoms with Gasteiger partial charge < -0.3 is 15.4 Å². The molecule has 0 fully saturated rings. The Morgan fingerprint density at radius 2 is 1.78 bits per heavy atom. The molecule has 0 aliphatic carbocycles. The number of carbonyl (C=O) groups excluding carboxylic acids is 2.